The SMILES string of the molecule is CNC(=O)c1ccc(S(=O)(=O)N2CCC[C@@H](NC)C2)cc1. The molecule has 0 radical (unpaired) electrons. The highest BCUT2D eigenvalue weighted by Crippen LogP contribution is 2.21. The molecule has 21 heavy (non-hydrogen) atoms. The molecule has 0 aromatic heterocycles. The lowest BCUT2D eigenvalue weighted by Gasteiger charge is -2.31. The summed E-state index contributed by atoms with van der Waals surface area (Å²) in [6.07, 6.45) is 1.83. The van der Waals surface area contributed by atoms with Crippen molar-refractivity contribution in [2.75, 3.05) is 27.2 Å². The van der Waals surface area contributed by atoms with Crippen LogP contribution in [0, 0.1) is 0 Å². The molecule has 0 saturated carbocycles. The van der Waals surface area contributed by atoms with Gasteiger partial charge >= 0.3 is 0 Å². The molecule has 6 nitrogen and oxygen atoms in total. The van der Waals surface area contributed by atoms with Gasteiger partial charge in [0.15, 0.2) is 0 Å². The van der Waals surface area contributed by atoms with Crippen LogP contribution in [0.25, 0.3) is 0 Å². The Hall–Kier alpha value is -1.44. The van der Waals surface area contributed by atoms with Crippen molar-refractivity contribution in [3.63, 3.8) is 0 Å². The summed E-state index contributed by atoms with van der Waals surface area (Å²) in [7, 11) is -0.106. The fourth-order valence-corrected chi connectivity index (χ4v) is 3.99. The van der Waals surface area contributed by atoms with E-state index in [0.717, 1.165) is 12.8 Å². The lowest BCUT2D eigenvalue weighted by atomic mass is 10.1. The molecule has 1 aromatic carbocycles. The second-order valence-corrected chi connectivity index (χ2v) is 7.03. The van der Waals surface area contributed by atoms with Crippen LogP contribution in [-0.2, 0) is 10.0 Å². The third kappa shape index (κ3) is 3.42. The van der Waals surface area contributed by atoms with E-state index in [2.05, 4.69) is 10.6 Å². The number of piperidine rings is 1. The molecule has 0 bridgehead atoms. The average Bonchev–Trinajstić information content (AvgIpc) is 2.54. The summed E-state index contributed by atoms with van der Waals surface area (Å²) in [5.41, 5.74) is 0.447. The van der Waals surface area contributed by atoms with E-state index < -0.39 is 10.0 Å². The number of hydrogen-bond acceptors (Lipinski definition) is 4. The van der Waals surface area contributed by atoms with Gasteiger partial charge in [0.1, 0.15) is 0 Å². The zero-order valence-corrected chi connectivity index (χ0v) is 13.1. The van der Waals surface area contributed by atoms with Crippen molar-refractivity contribution < 1.29 is 13.2 Å². The number of benzene rings is 1. The number of likely N-dealkylation sites (N-methyl/N-ethyl adjacent to an activating group) is 1. The maximum Gasteiger partial charge on any atom is 0.251 e. The zero-order valence-electron chi connectivity index (χ0n) is 12.3. The van der Waals surface area contributed by atoms with Crippen LogP contribution in [-0.4, -0.2) is 51.9 Å². The first-order chi connectivity index (χ1) is 9.98. The highest BCUT2D eigenvalue weighted by molar-refractivity contribution is 7.89. The van der Waals surface area contributed by atoms with E-state index in [1.54, 1.807) is 7.05 Å². The van der Waals surface area contributed by atoms with Crippen LogP contribution in [0.1, 0.15) is 23.2 Å². The van der Waals surface area contributed by atoms with Gasteiger partial charge in [0.2, 0.25) is 10.0 Å². The maximum absolute atomic E-state index is 12.6. The predicted molar refractivity (Wildman–Crippen MR) is 80.7 cm³/mol. The van der Waals surface area contributed by atoms with Crippen molar-refractivity contribution in [1.29, 1.82) is 0 Å². The molecule has 0 spiro atoms. The quantitative estimate of drug-likeness (QED) is 0.845. The first kappa shape index (κ1) is 15.9. The summed E-state index contributed by atoms with van der Waals surface area (Å²) in [5.74, 6) is -0.229. The highest BCUT2D eigenvalue weighted by Gasteiger charge is 2.29. The van der Waals surface area contributed by atoms with Crippen molar-refractivity contribution in [2.45, 2.75) is 23.8 Å². The van der Waals surface area contributed by atoms with Gasteiger partial charge < -0.3 is 10.6 Å². The second kappa shape index (κ2) is 6.55. The van der Waals surface area contributed by atoms with Gasteiger partial charge in [-0.25, -0.2) is 8.42 Å². The van der Waals surface area contributed by atoms with Gasteiger partial charge in [0, 0.05) is 31.7 Å². The van der Waals surface area contributed by atoms with Gasteiger partial charge in [0.05, 0.1) is 4.90 Å². The fraction of sp³-hybridized carbons (Fsp3) is 0.500. The van der Waals surface area contributed by atoms with E-state index in [1.165, 1.54) is 28.6 Å². The van der Waals surface area contributed by atoms with Gasteiger partial charge in [0.25, 0.3) is 5.91 Å². The number of hydrogen-bond donors (Lipinski definition) is 2. The van der Waals surface area contributed by atoms with E-state index in [-0.39, 0.29) is 16.8 Å². The maximum atomic E-state index is 12.6. The Balaban J connectivity index is 2.21. The largest absolute Gasteiger partial charge is 0.355 e. The summed E-state index contributed by atoms with van der Waals surface area (Å²) < 4.78 is 26.7. The Morgan fingerprint density at radius 1 is 1.24 bits per heavy atom. The summed E-state index contributed by atoms with van der Waals surface area (Å²) in [5, 5.41) is 5.64. The first-order valence-corrected chi connectivity index (χ1v) is 8.42. The topological polar surface area (TPSA) is 78.5 Å². The third-order valence-electron chi connectivity index (χ3n) is 3.77. The van der Waals surface area contributed by atoms with Crippen LogP contribution in [0.3, 0.4) is 0 Å². The minimum atomic E-state index is -3.49. The number of nitrogens with zero attached hydrogens (tertiary/aromatic N) is 1. The molecule has 2 rings (SSSR count). The zero-order chi connectivity index (χ0) is 15.5. The van der Waals surface area contributed by atoms with Crippen LogP contribution in [0.5, 0.6) is 0 Å². The first-order valence-electron chi connectivity index (χ1n) is 6.98. The minimum Gasteiger partial charge on any atom is -0.355 e. The van der Waals surface area contributed by atoms with Crippen molar-refractivity contribution in [3.05, 3.63) is 29.8 Å². The number of carbonyl (C=O) groups is 1. The summed E-state index contributed by atoms with van der Waals surface area (Å²) in [4.78, 5) is 11.7. The van der Waals surface area contributed by atoms with Crippen molar-refractivity contribution in [1.82, 2.24) is 14.9 Å². The summed E-state index contributed by atoms with van der Waals surface area (Å²) >= 11 is 0. The molecule has 1 aliphatic rings. The third-order valence-corrected chi connectivity index (χ3v) is 5.65. The summed E-state index contributed by atoms with van der Waals surface area (Å²) in [6, 6.07) is 6.24. The molecular weight excluding hydrogens is 290 g/mol. The van der Waals surface area contributed by atoms with Crippen LogP contribution < -0.4 is 10.6 Å². The van der Waals surface area contributed by atoms with Crippen LogP contribution >= 0.6 is 0 Å². The number of carbonyl (C=O) groups excluding carboxylic acids is 1. The molecular formula is C14H21N3O3S. The van der Waals surface area contributed by atoms with Gasteiger partial charge in [-0.2, -0.15) is 4.31 Å². The number of sulfonamides is 1. The highest BCUT2D eigenvalue weighted by atomic mass is 32.2. The molecule has 1 aliphatic heterocycles. The number of amides is 1. The monoisotopic (exact) mass is 311 g/mol. The predicted octanol–water partition coefficient (Wildman–Crippen LogP) is 0.419. The van der Waals surface area contributed by atoms with Gasteiger partial charge in [-0.05, 0) is 44.2 Å². The van der Waals surface area contributed by atoms with Crippen LogP contribution in [0.2, 0.25) is 0 Å². The molecule has 0 unspecified atom stereocenters. The van der Waals surface area contributed by atoms with E-state index in [0.29, 0.717) is 18.7 Å². The lowest BCUT2D eigenvalue weighted by molar-refractivity contribution is 0.0963. The van der Waals surface area contributed by atoms with E-state index in [1.807, 2.05) is 7.05 Å². The molecule has 1 heterocycles. The molecule has 1 atom stereocenters. The van der Waals surface area contributed by atoms with Crippen molar-refractivity contribution in [2.24, 2.45) is 0 Å². The molecule has 2 N–H and O–H groups in total. The Morgan fingerprint density at radius 2 is 1.90 bits per heavy atom. The van der Waals surface area contributed by atoms with Crippen molar-refractivity contribution in [3.8, 4) is 0 Å². The van der Waals surface area contributed by atoms with Crippen molar-refractivity contribution >= 4 is 15.9 Å². The normalized spacial score (nSPS) is 20.2. The number of rotatable bonds is 4. The molecule has 7 heteroatoms. The lowest BCUT2D eigenvalue weighted by Crippen LogP contribution is -2.46. The van der Waals surface area contributed by atoms with Gasteiger partial charge in [-0.1, -0.05) is 0 Å². The van der Waals surface area contributed by atoms with Crippen LogP contribution in [0.4, 0.5) is 0 Å². The molecule has 1 fully saturated rings. The molecule has 0 aliphatic carbocycles. The smallest absolute Gasteiger partial charge is 0.251 e. The Morgan fingerprint density at radius 3 is 2.48 bits per heavy atom. The van der Waals surface area contributed by atoms with E-state index in [9.17, 15) is 13.2 Å². The molecule has 1 aromatic rings. The van der Waals surface area contributed by atoms with E-state index >= 15 is 0 Å². The Labute approximate surface area is 125 Å². The Bertz CT molecular complexity index is 598. The standard InChI is InChI=1S/C14H21N3O3S/c1-15-12-4-3-9-17(10-12)21(19,20)13-7-5-11(6-8-13)14(18)16-2/h5-8,12,15H,3-4,9-10H2,1-2H3,(H,16,18)/t12-/m1/s1. The molecule has 116 valence electrons. The molecule has 1 amide bonds. The van der Waals surface area contributed by atoms with Crippen LogP contribution in [0.15, 0.2) is 29.2 Å². The Kier molecular flexibility index (Phi) is 4.97. The summed E-state index contributed by atoms with van der Waals surface area (Å²) in [6.45, 7) is 1.02. The molecule has 1 saturated heterocycles. The van der Waals surface area contributed by atoms with E-state index in [4.69, 9.17) is 0 Å². The van der Waals surface area contributed by atoms with Gasteiger partial charge in [-0.15, -0.1) is 0 Å². The fourth-order valence-electron chi connectivity index (χ4n) is 2.47. The minimum absolute atomic E-state index is 0.193. The average molecular weight is 311 g/mol. The second-order valence-electron chi connectivity index (χ2n) is 5.09. The number of nitrogens with one attached hydrogen (secondary N) is 2. The van der Waals surface area contributed by atoms with Gasteiger partial charge in [-0.3, -0.25) is 4.79 Å².